The molecule has 0 N–H and O–H groups in total. The second-order valence-corrected chi connectivity index (χ2v) is 5.29. The first-order chi connectivity index (χ1) is 10.3. The van der Waals surface area contributed by atoms with Gasteiger partial charge in [-0.2, -0.15) is 5.26 Å². The van der Waals surface area contributed by atoms with Gasteiger partial charge in [0.05, 0.1) is 18.7 Å². The number of aryl methyl sites for hydroxylation is 1. The fourth-order valence-corrected chi connectivity index (χ4v) is 2.92. The van der Waals surface area contributed by atoms with Crippen LogP contribution >= 0.6 is 0 Å². The number of methoxy groups -OCH3 is 1. The topological polar surface area (TPSA) is 36.3 Å². The lowest BCUT2D eigenvalue weighted by Gasteiger charge is -2.32. The summed E-state index contributed by atoms with van der Waals surface area (Å²) in [4.78, 5) is 2.36. The zero-order valence-corrected chi connectivity index (χ0v) is 12.2. The number of hydrogen-bond donors (Lipinski definition) is 0. The van der Waals surface area contributed by atoms with Gasteiger partial charge in [0, 0.05) is 18.8 Å². The molecule has 0 aromatic heterocycles. The number of rotatable bonds is 3. The second-order valence-electron chi connectivity index (χ2n) is 5.29. The van der Waals surface area contributed by atoms with Crippen molar-refractivity contribution in [1.82, 2.24) is 0 Å². The lowest BCUT2D eigenvalue weighted by atomic mass is 10.00. The predicted molar refractivity (Wildman–Crippen MR) is 83.5 cm³/mol. The zero-order valence-electron chi connectivity index (χ0n) is 12.2. The van der Waals surface area contributed by atoms with Crippen molar-refractivity contribution >= 4 is 5.69 Å². The lowest BCUT2D eigenvalue weighted by molar-refractivity contribution is 0.414. The molecule has 0 atom stereocenters. The smallest absolute Gasteiger partial charge is 0.119 e. The summed E-state index contributed by atoms with van der Waals surface area (Å²) in [6.45, 7) is 1.81. The highest BCUT2D eigenvalue weighted by molar-refractivity contribution is 5.58. The molecule has 1 aliphatic rings. The molecule has 3 heteroatoms. The van der Waals surface area contributed by atoms with E-state index >= 15 is 0 Å². The van der Waals surface area contributed by atoms with Gasteiger partial charge < -0.3 is 9.64 Å². The van der Waals surface area contributed by atoms with Gasteiger partial charge in [0.25, 0.3) is 0 Å². The van der Waals surface area contributed by atoms with Crippen LogP contribution in [0.15, 0.2) is 42.5 Å². The number of anilines is 1. The zero-order chi connectivity index (χ0) is 14.7. The molecule has 0 aliphatic carbocycles. The fraction of sp³-hybridized carbons (Fsp3) is 0.278. The minimum Gasteiger partial charge on any atom is -0.497 e. The van der Waals surface area contributed by atoms with E-state index in [-0.39, 0.29) is 0 Å². The minimum atomic E-state index is 0.762. The molecular weight excluding hydrogens is 260 g/mol. The molecule has 0 bridgehead atoms. The predicted octanol–water partition coefficient (Wildman–Crippen LogP) is 3.52. The standard InChI is InChI=1S/C18H18N2O/c1-21-17-8-9-18-14(11-17)7-4-10-20(18)13-16-6-3-2-5-15(16)12-19/h2-3,5-6,8-9,11H,4,7,10,13H2,1H3. The minimum absolute atomic E-state index is 0.762. The Bertz CT molecular complexity index is 688. The first-order valence-corrected chi connectivity index (χ1v) is 7.21. The largest absolute Gasteiger partial charge is 0.497 e. The monoisotopic (exact) mass is 278 g/mol. The summed E-state index contributed by atoms with van der Waals surface area (Å²) in [5, 5.41) is 9.23. The van der Waals surface area contributed by atoms with Gasteiger partial charge in [-0.3, -0.25) is 0 Å². The number of fused-ring (bicyclic) bond motifs is 1. The Morgan fingerprint density at radius 2 is 2.10 bits per heavy atom. The van der Waals surface area contributed by atoms with Gasteiger partial charge in [-0.05, 0) is 48.2 Å². The van der Waals surface area contributed by atoms with Crippen molar-refractivity contribution in [1.29, 1.82) is 5.26 Å². The molecule has 0 amide bonds. The maximum Gasteiger partial charge on any atom is 0.119 e. The second kappa shape index (κ2) is 5.88. The van der Waals surface area contributed by atoms with Crippen LogP contribution < -0.4 is 9.64 Å². The molecule has 0 saturated heterocycles. The Hall–Kier alpha value is -2.47. The molecular formula is C18H18N2O. The van der Waals surface area contributed by atoms with E-state index in [9.17, 15) is 5.26 Å². The van der Waals surface area contributed by atoms with Gasteiger partial charge >= 0.3 is 0 Å². The Labute approximate surface area is 125 Å². The fourth-order valence-electron chi connectivity index (χ4n) is 2.92. The Morgan fingerprint density at radius 1 is 1.24 bits per heavy atom. The molecule has 0 unspecified atom stereocenters. The molecule has 0 spiro atoms. The number of nitrogens with zero attached hydrogens (tertiary/aromatic N) is 2. The number of ether oxygens (including phenoxy) is 1. The molecule has 1 heterocycles. The van der Waals surface area contributed by atoms with Crippen molar-refractivity contribution in [2.75, 3.05) is 18.6 Å². The van der Waals surface area contributed by atoms with Crippen LogP contribution in [-0.2, 0) is 13.0 Å². The summed E-state index contributed by atoms with van der Waals surface area (Å²) < 4.78 is 5.31. The average molecular weight is 278 g/mol. The Balaban J connectivity index is 1.90. The van der Waals surface area contributed by atoms with E-state index in [1.165, 1.54) is 11.3 Å². The van der Waals surface area contributed by atoms with Gasteiger partial charge in [-0.15, -0.1) is 0 Å². The molecule has 21 heavy (non-hydrogen) atoms. The molecule has 2 aromatic rings. The highest BCUT2D eigenvalue weighted by Gasteiger charge is 2.18. The van der Waals surface area contributed by atoms with Crippen molar-refractivity contribution in [2.24, 2.45) is 0 Å². The van der Waals surface area contributed by atoms with E-state index in [4.69, 9.17) is 4.74 Å². The van der Waals surface area contributed by atoms with Gasteiger partial charge in [0.1, 0.15) is 5.75 Å². The van der Waals surface area contributed by atoms with Crippen LogP contribution in [0.2, 0.25) is 0 Å². The van der Waals surface area contributed by atoms with E-state index in [2.05, 4.69) is 23.1 Å². The number of nitriles is 1. The normalized spacial score (nSPS) is 13.4. The van der Waals surface area contributed by atoms with Gasteiger partial charge in [-0.25, -0.2) is 0 Å². The van der Waals surface area contributed by atoms with Gasteiger partial charge in [-0.1, -0.05) is 18.2 Å². The SMILES string of the molecule is COc1ccc2c(c1)CCCN2Cc1ccccc1C#N. The summed E-state index contributed by atoms with van der Waals surface area (Å²) in [6.07, 6.45) is 2.22. The molecule has 0 saturated carbocycles. The van der Waals surface area contributed by atoms with E-state index in [0.29, 0.717) is 0 Å². The number of hydrogen-bond acceptors (Lipinski definition) is 3. The molecule has 2 aromatic carbocycles. The summed E-state index contributed by atoms with van der Waals surface area (Å²) >= 11 is 0. The Morgan fingerprint density at radius 3 is 2.90 bits per heavy atom. The maximum absolute atomic E-state index is 9.23. The molecule has 106 valence electrons. The van der Waals surface area contributed by atoms with Crippen molar-refractivity contribution in [3.8, 4) is 11.8 Å². The molecule has 3 rings (SSSR count). The third-order valence-electron chi connectivity index (χ3n) is 4.00. The summed E-state index contributed by atoms with van der Waals surface area (Å²) in [5.41, 5.74) is 4.44. The first-order valence-electron chi connectivity index (χ1n) is 7.21. The maximum atomic E-state index is 9.23. The van der Waals surface area contributed by atoms with Crippen LogP contribution in [0, 0.1) is 11.3 Å². The summed E-state index contributed by atoms with van der Waals surface area (Å²) in [7, 11) is 1.70. The average Bonchev–Trinajstić information content (AvgIpc) is 2.55. The highest BCUT2D eigenvalue weighted by Crippen LogP contribution is 2.31. The van der Waals surface area contributed by atoms with Gasteiger partial charge in [0.2, 0.25) is 0 Å². The van der Waals surface area contributed by atoms with Crippen LogP contribution in [0.3, 0.4) is 0 Å². The molecule has 1 aliphatic heterocycles. The quantitative estimate of drug-likeness (QED) is 0.862. The van der Waals surface area contributed by atoms with Crippen LogP contribution in [0.25, 0.3) is 0 Å². The third kappa shape index (κ3) is 2.71. The third-order valence-corrected chi connectivity index (χ3v) is 4.00. The molecule has 0 fully saturated rings. The lowest BCUT2D eigenvalue weighted by Crippen LogP contribution is -2.29. The van der Waals surface area contributed by atoms with Crippen molar-refractivity contribution < 1.29 is 4.74 Å². The molecule has 3 nitrogen and oxygen atoms in total. The summed E-state index contributed by atoms with van der Waals surface area (Å²) in [5.74, 6) is 0.910. The van der Waals surface area contributed by atoms with Crippen molar-refractivity contribution in [2.45, 2.75) is 19.4 Å². The van der Waals surface area contributed by atoms with E-state index in [1.807, 2.05) is 30.3 Å². The van der Waals surface area contributed by atoms with Crippen LogP contribution in [0.4, 0.5) is 5.69 Å². The van der Waals surface area contributed by atoms with Gasteiger partial charge in [0.15, 0.2) is 0 Å². The van der Waals surface area contributed by atoms with Crippen LogP contribution in [-0.4, -0.2) is 13.7 Å². The van der Waals surface area contributed by atoms with Crippen molar-refractivity contribution in [3.63, 3.8) is 0 Å². The Kier molecular flexibility index (Phi) is 3.79. The summed E-state index contributed by atoms with van der Waals surface area (Å²) in [6, 6.07) is 16.4. The van der Waals surface area contributed by atoms with Crippen molar-refractivity contribution in [3.05, 3.63) is 59.2 Å². The van der Waals surface area contributed by atoms with E-state index in [1.54, 1.807) is 7.11 Å². The first kappa shape index (κ1) is 13.5. The highest BCUT2D eigenvalue weighted by atomic mass is 16.5. The molecule has 0 radical (unpaired) electrons. The van der Waals surface area contributed by atoms with E-state index < -0.39 is 0 Å². The van der Waals surface area contributed by atoms with Crippen LogP contribution in [0.1, 0.15) is 23.1 Å². The van der Waals surface area contributed by atoms with Crippen LogP contribution in [0.5, 0.6) is 5.75 Å². The number of benzene rings is 2. The van der Waals surface area contributed by atoms with E-state index in [0.717, 1.165) is 42.8 Å².